The topological polar surface area (TPSA) is 85.9 Å². The van der Waals surface area contributed by atoms with Crippen LogP contribution in [0.2, 0.25) is 0 Å². The van der Waals surface area contributed by atoms with E-state index in [-0.39, 0.29) is 22.7 Å². The number of sulfonamides is 1. The zero-order valence-corrected chi connectivity index (χ0v) is 15.9. The molecule has 2 heterocycles. The van der Waals surface area contributed by atoms with Crippen molar-refractivity contribution in [3.05, 3.63) is 18.2 Å². The Balaban J connectivity index is 0.00000225. The Kier molecular flexibility index (Phi) is 6.93. The highest BCUT2D eigenvalue weighted by atomic mass is 35.5. The van der Waals surface area contributed by atoms with Crippen molar-refractivity contribution in [2.45, 2.75) is 17.7 Å². The van der Waals surface area contributed by atoms with E-state index in [0.717, 1.165) is 25.9 Å². The highest BCUT2D eigenvalue weighted by Crippen LogP contribution is 2.36. The summed E-state index contributed by atoms with van der Waals surface area (Å²) in [6, 6.07) is 4.92. The number of benzene rings is 1. The average Bonchev–Trinajstić information content (AvgIpc) is 2.61. The highest BCUT2D eigenvalue weighted by molar-refractivity contribution is 7.89. The number of hydrogen-bond donors (Lipinski definition) is 2. The summed E-state index contributed by atoms with van der Waals surface area (Å²) in [4.78, 5) is 0.126. The molecule has 0 aliphatic carbocycles. The molecule has 1 aromatic carbocycles. The number of halogens is 1. The molecule has 9 heteroatoms. The van der Waals surface area contributed by atoms with E-state index in [9.17, 15) is 8.42 Å². The molecule has 0 amide bonds. The van der Waals surface area contributed by atoms with Gasteiger partial charge in [0.2, 0.25) is 10.0 Å². The molecular weight excluding hydrogens is 368 g/mol. The van der Waals surface area contributed by atoms with Crippen LogP contribution in [0, 0.1) is 5.41 Å². The van der Waals surface area contributed by atoms with Gasteiger partial charge in [-0.2, -0.15) is 0 Å². The summed E-state index contributed by atoms with van der Waals surface area (Å²) in [7, 11) is -2.04. The zero-order valence-electron chi connectivity index (χ0n) is 14.2. The minimum absolute atomic E-state index is 0. The van der Waals surface area contributed by atoms with Crippen LogP contribution in [0.25, 0.3) is 0 Å². The molecule has 0 atom stereocenters. The third-order valence-corrected chi connectivity index (χ3v) is 6.00. The Morgan fingerprint density at radius 3 is 2.68 bits per heavy atom. The van der Waals surface area contributed by atoms with Crippen LogP contribution in [0.3, 0.4) is 0 Å². The second kappa shape index (κ2) is 8.55. The number of methoxy groups -OCH3 is 1. The third kappa shape index (κ3) is 4.57. The van der Waals surface area contributed by atoms with Gasteiger partial charge in [-0.15, -0.1) is 12.4 Å². The fourth-order valence-electron chi connectivity index (χ4n) is 3.22. The third-order valence-electron chi connectivity index (χ3n) is 4.57. The van der Waals surface area contributed by atoms with Crippen molar-refractivity contribution in [3.8, 4) is 11.5 Å². The Labute approximate surface area is 154 Å². The number of fused-ring (bicyclic) bond motifs is 1. The maximum Gasteiger partial charge on any atom is 0.244 e. The van der Waals surface area contributed by atoms with E-state index < -0.39 is 10.0 Å². The molecule has 25 heavy (non-hydrogen) atoms. The molecule has 1 fully saturated rings. The molecule has 2 N–H and O–H groups in total. The van der Waals surface area contributed by atoms with Gasteiger partial charge in [-0.1, -0.05) is 6.07 Å². The molecule has 2 aliphatic heterocycles. The smallest absolute Gasteiger partial charge is 0.244 e. The van der Waals surface area contributed by atoms with Gasteiger partial charge in [0.1, 0.15) is 18.1 Å². The average molecular weight is 393 g/mol. The van der Waals surface area contributed by atoms with Crippen molar-refractivity contribution in [3.63, 3.8) is 0 Å². The maximum atomic E-state index is 12.8. The first-order valence-electron chi connectivity index (χ1n) is 8.14. The van der Waals surface area contributed by atoms with Crippen LogP contribution in [-0.4, -0.2) is 55.0 Å². The first kappa shape index (κ1) is 20.3. The summed E-state index contributed by atoms with van der Waals surface area (Å²) in [6.45, 7) is 3.37. The van der Waals surface area contributed by atoms with Crippen LogP contribution < -0.4 is 19.5 Å². The molecule has 0 saturated carbocycles. The molecule has 3 rings (SSSR count). The van der Waals surface area contributed by atoms with Gasteiger partial charge >= 0.3 is 0 Å². The summed E-state index contributed by atoms with van der Waals surface area (Å²) < 4.78 is 44.7. The van der Waals surface area contributed by atoms with E-state index in [1.807, 2.05) is 0 Å². The van der Waals surface area contributed by atoms with Gasteiger partial charge in [-0.3, -0.25) is 0 Å². The summed E-state index contributed by atoms with van der Waals surface area (Å²) in [6.07, 6.45) is 1.74. The lowest BCUT2D eigenvalue weighted by Crippen LogP contribution is -2.47. The van der Waals surface area contributed by atoms with E-state index in [4.69, 9.17) is 14.2 Å². The number of rotatable bonds is 6. The van der Waals surface area contributed by atoms with Crippen LogP contribution in [-0.2, 0) is 14.8 Å². The van der Waals surface area contributed by atoms with E-state index in [2.05, 4.69) is 10.0 Å². The standard InChI is InChI=1S/C16H24N2O5S.ClH/c1-21-12-16(5-7-17-8-6-16)11-18-24(19,20)14-4-2-3-13-15(14)23-10-9-22-13;/h2-4,17-18H,5-12H2,1H3;1H. The number of nitrogens with one attached hydrogen (secondary N) is 2. The summed E-state index contributed by atoms with van der Waals surface area (Å²) in [5.74, 6) is 0.764. The van der Waals surface area contributed by atoms with Crippen molar-refractivity contribution >= 4 is 22.4 Å². The normalized spacial score (nSPS) is 19.1. The van der Waals surface area contributed by atoms with Crippen LogP contribution >= 0.6 is 12.4 Å². The SMILES string of the molecule is COCC1(CNS(=O)(=O)c2cccc3c2OCCO3)CCNCC1.Cl. The highest BCUT2D eigenvalue weighted by Gasteiger charge is 2.34. The van der Waals surface area contributed by atoms with Gasteiger partial charge in [0.15, 0.2) is 11.5 Å². The second-order valence-corrected chi connectivity index (χ2v) is 8.02. The minimum Gasteiger partial charge on any atom is -0.486 e. The summed E-state index contributed by atoms with van der Waals surface area (Å²) in [5, 5.41) is 3.30. The van der Waals surface area contributed by atoms with Crippen LogP contribution in [0.4, 0.5) is 0 Å². The fourth-order valence-corrected chi connectivity index (χ4v) is 4.53. The Bertz CT molecular complexity index is 672. The molecule has 0 bridgehead atoms. The van der Waals surface area contributed by atoms with Crippen molar-refractivity contribution in [1.82, 2.24) is 10.0 Å². The summed E-state index contributed by atoms with van der Waals surface area (Å²) in [5.41, 5.74) is -0.181. The molecule has 0 radical (unpaired) electrons. The Morgan fingerprint density at radius 2 is 1.96 bits per heavy atom. The van der Waals surface area contributed by atoms with Crippen LogP contribution in [0.15, 0.2) is 23.1 Å². The molecule has 7 nitrogen and oxygen atoms in total. The molecule has 0 spiro atoms. The lowest BCUT2D eigenvalue weighted by atomic mass is 9.80. The first-order valence-corrected chi connectivity index (χ1v) is 9.63. The van der Waals surface area contributed by atoms with Crippen molar-refractivity contribution in [1.29, 1.82) is 0 Å². The molecule has 142 valence electrons. The van der Waals surface area contributed by atoms with E-state index >= 15 is 0 Å². The lowest BCUT2D eigenvalue weighted by molar-refractivity contribution is 0.0577. The Morgan fingerprint density at radius 1 is 1.24 bits per heavy atom. The zero-order chi connectivity index (χ0) is 17.0. The van der Waals surface area contributed by atoms with Gasteiger partial charge < -0.3 is 19.5 Å². The van der Waals surface area contributed by atoms with Crippen molar-refractivity contribution < 1.29 is 22.6 Å². The van der Waals surface area contributed by atoms with Gasteiger partial charge in [0.05, 0.1) is 6.61 Å². The van der Waals surface area contributed by atoms with E-state index in [1.165, 1.54) is 0 Å². The van der Waals surface area contributed by atoms with Crippen LogP contribution in [0.1, 0.15) is 12.8 Å². The quantitative estimate of drug-likeness (QED) is 0.756. The molecule has 0 aromatic heterocycles. The van der Waals surface area contributed by atoms with Gasteiger partial charge in [0.25, 0.3) is 0 Å². The number of para-hydroxylation sites is 1. The molecule has 0 unspecified atom stereocenters. The molecular formula is C16H25ClN2O5S. The Hall–Kier alpha value is -1.06. The number of hydrogen-bond acceptors (Lipinski definition) is 6. The van der Waals surface area contributed by atoms with E-state index in [1.54, 1.807) is 25.3 Å². The van der Waals surface area contributed by atoms with Gasteiger partial charge in [-0.25, -0.2) is 13.1 Å². The lowest BCUT2D eigenvalue weighted by Gasteiger charge is -2.37. The number of ether oxygens (including phenoxy) is 3. The molecule has 1 saturated heterocycles. The summed E-state index contributed by atoms with van der Waals surface area (Å²) >= 11 is 0. The monoisotopic (exact) mass is 392 g/mol. The van der Waals surface area contributed by atoms with E-state index in [0.29, 0.717) is 37.9 Å². The second-order valence-electron chi connectivity index (χ2n) is 6.29. The fraction of sp³-hybridized carbons (Fsp3) is 0.625. The largest absolute Gasteiger partial charge is 0.486 e. The van der Waals surface area contributed by atoms with Gasteiger partial charge in [0, 0.05) is 19.1 Å². The van der Waals surface area contributed by atoms with Crippen molar-refractivity contribution in [2.24, 2.45) is 5.41 Å². The predicted molar refractivity (Wildman–Crippen MR) is 96.3 cm³/mol. The van der Waals surface area contributed by atoms with Crippen LogP contribution in [0.5, 0.6) is 11.5 Å². The first-order chi connectivity index (χ1) is 11.6. The molecule has 2 aliphatic rings. The predicted octanol–water partition coefficient (Wildman–Crippen LogP) is 1.17. The number of piperidine rings is 1. The molecule has 1 aromatic rings. The maximum absolute atomic E-state index is 12.8. The van der Waals surface area contributed by atoms with Crippen molar-refractivity contribution in [2.75, 3.05) is 46.6 Å². The minimum atomic E-state index is -3.69. The van der Waals surface area contributed by atoms with Gasteiger partial charge in [-0.05, 0) is 38.1 Å².